The van der Waals surface area contributed by atoms with Gasteiger partial charge in [0, 0.05) is 24.4 Å². The van der Waals surface area contributed by atoms with Crippen LogP contribution in [0.5, 0.6) is 5.75 Å². The Balaban J connectivity index is 1.83. The van der Waals surface area contributed by atoms with E-state index >= 15 is 0 Å². The summed E-state index contributed by atoms with van der Waals surface area (Å²) >= 11 is 1.62. The van der Waals surface area contributed by atoms with E-state index in [-0.39, 0.29) is 6.04 Å². The Morgan fingerprint density at radius 1 is 1.47 bits per heavy atom. The molecule has 0 saturated carbocycles. The van der Waals surface area contributed by atoms with Crippen molar-refractivity contribution in [2.75, 3.05) is 6.54 Å². The van der Waals surface area contributed by atoms with Gasteiger partial charge in [-0.05, 0) is 24.6 Å². The second kappa shape index (κ2) is 5.80. The van der Waals surface area contributed by atoms with Gasteiger partial charge in [-0.1, -0.05) is 12.1 Å². The molecular weight excluding hydrogens is 232 g/mol. The van der Waals surface area contributed by atoms with Crippen molar-refractivity contribution in [2.45, 2.75) is 19.4 Å². The summed E-state index contributed by atoms with van der Waals surface area (Å²) in [5.74, 6) is 0.315. The molecule has 0 saturated heterocycles. The first-order chi connectivity index (χ1) is 8.25. The molecule has 2 rings (SSSR count). The molecule has 1 heterocycles. The number of aromatic nitrogens is 1. The maximum atomic E-state index is 9.40. The first kappa shape index (κ1) is 12.1. The number of phenols is 1. The number of hydrogen-bond donors (Lipinski definition) is 2. The van der Waals surface area contributed by atoms with Crippen LogP contribution in [-0.2, 0) is 6.42 Å². The van der Waals surface area contributed by atoms with Crippen LogP contribution in [-0.4, -0.2) is 16.6 Å². The van der Waals surface area contributed by atoms with Gasteiger partial charge in [-0.25, -0.2) is 4.98 Å². The number of nitrogens with zero attached hydrogens (tertiary/aromatic N) is 1. The molecule has 1 aromatic heterocycles. The molecule has 0 aliphatic heterocycles. The zero-order valence-electron chi connectivity index (χ0n) is 9.76. The summed E-state index contributed by atoms with van der Waals surface area (Å²) in [6.45, 7) is 2.98. The molecule has 0 bridgehead atoms. The lowest BCUT2D eigenvalue weighted by molar-refractivity contribution is 0.472. The largest absolute Gasteiger partial charge is 0.508 e. The van der Waals surface area contributed by atoms with Gasteiger partial charge in [-0.2, -0.15) is 0 Å². The van der Waals surface area contributed by atoms with E-state index in [1.807, 2.05) is 17.6 Å². The Morgan fingerprint density at radius 3 is 3.06 bits per heavy atom. The number of thiazole rings is 1. The number of nitrogens with one attached hydrogen (secondary N) is 1. The summed E-state index contributed by atoms with van der Waals surface area (Å²) in [5, 5.41) is 14.9. The molecule has 4 heteroatoms. The second-order valence-electron chi connectivity index (χ2n) is 4.00. The average Bonchev–Trinajstić information content (AvgIpc) is 2.82. The van der Waals surface area contributed by atoms with Crippen molar-refractivity contribution in [1.29, 1.82) is 0 Å². The summed E-state index contributed by atoms with van der Waals surface area (Å²) in [5.41, 5.74) is 4.09. The van der Waals surface area contributed by atoms with E-state index in [0.717, 1.165) is 24.2 Å². The summed E-state index contributed by atoms with van der Waals surface area (Å²) in [4.78, 5) is 4.24. The third kappa shape index (κ3) is 3.54. The van der Waals surface area contributed by atoms with Crippen molar-refractivity contribution in [3.8, 4) is 5.75 Å². The predicted octanol–water partition coefficient (Wildman–Crippen LogP) is 2.74. The van der Waals surface area contributed by atoms with Gasteiger partial charge >= 0.3 is 0 Å². The third-order valence-corrected chi connectivity index (χ3v) is 3.32. The van der Waals surface area contributed by atoms with E-state index in [1.165, 1.54) is 0 Å². The first-order valence-corrected chi connectivity index (χ1v) is 6.59. The number of hydrogen-bond acceptors (Lipinski definition) is 4. The highest BCUT2D eigenvalue weighted by atomic mass is 32.1. The molecule has 90 valence electrons. The minimum atomic E-state index is 0.237. The normalized spacial score (nSPS) is 12.5. The summed E-state index contributed by atoms with van der Waals surface area (Å²) in [6, 6.07) is 7.59. The number of benzene rings is 1. The summed E-state index contributed by atoms with van der Waals surface area (Å²) < 4.78 is 0. The zero-order valence-corrected chi connectivity index (χ0v) is 10.6. The van der Waals surface area contributed by atoms with Crippen LogP contribution in [0.3, 0.4) is 0 Å². The lowest BCUT2D eigenvalue weighted by Crippen LogP contribution is -2.21. The minimum Gasteiger partial charge on any atom is -0.508 e. The maximum absolute atomic E-state index is 9.40. The van der Waals surface area contributed by atoms with E-state index in [0.29, 0.717) is 5.75 Å². The van der Waals surface area contributed by atoms with Crippen molar-refractivity contribution in [3.63, 3.8) is 0 Å². The van der Waals surface area contributed by atoms with Crippen LogP contribution in [0.15, 0.2) is 35.2 Å². The Hall–Kier alpha value is -1.39. The molecule has 1 atom stereocenters. The fourth-order valence-corrected chi connectivity index (χ4v) is 2.28. The van der Waals surface area contributed by atoms with Gasteiger partial charge in [0.2, 0.25) is 0 Å². The molecule has 0 amide bonds. The fraction of sp³-hybridized carbons (Fsp3) is 0.308. The van der Waals surface area contributed by atoms with Gasteiger partial charge in [0.05, 0.1) is 11.2 Å². The van der Waals surface area contributed by atoms with Gasteiger partial charge in [0.1, 0.15) is 5.75 Å². The molecular formula is C13H16N2OS. The minimum absolute atomic E-state index is 0.237. The molecule has 0 fully saturated rings. The van der Waals surface area contributed by atoms with Gasteiger partial charge < -0.3 is 10.4 Å². The second-order valence-corrected chi connectivity index (χ2v) is 4.72. The van der Waals surface area contributed by atoms with E-state index < -0.39 is 0 Å². The first-order valence-electron chi connectivity index (χ1n) is 5.65. The Bertz CT molecular complexity index is 456. The van der Waals surface area contributed by atoms with E-state index in [2.05, 4.69) is 22.6 Å². The highest BCUT2D eigenvalue weighted by Gasteiger charge is 2.05. The summed E-state index contributed by atoms with van der Waals surface area (Å²) in [7, 11) is 0. The Labute approximate surface area is 105 Å². The monoisotopic (exact) mass is 248 g/mol. The molecule has 1 aromatic carbocycles. The average molecular weight is 248 g/mol. The van der Waals surface area contributed by atoms with Crippen molar-refractivity contribution >= 4 is 11.3 Å². The van der Waals surface area contributed by atoms with Gasteiger partial charge in [0.15, 0.2) is 0 Å². The number of rotatable bonds is 5. The lowest BCUT2D eigenvalue weighted by atomic mass is 10.1. The van der Waals surface area contributed by atoms with Crippen LogP contribution in [0.4, 0.5) is 0 Å². The molecule has 1 unspecified atom stereocenters. The van der Waals surface area contributed by atoms with Crippen LogP contribution in [0.2, 0.25) is 0 Å². The van der Waals surface area contributed by atoms with Crippen molar-refractivity contribution in [2.24, 2.45) is 0 Å². The molecule has 17 heavy (non-hydrogen) atoms. The quantitative estimate of drug-likeness (QED) is 0.855. The highest BCUT2D eigenvalue weighted by Crippen LogP contribution is 2.17. The van der Waals surface area contributed by atoms with Crippen molar-refractivity contribution in [3.05, 3.63) is 46.4 Å². The van der Waals surface area contributed by atoms with E-state index in [1.54, 1.807) is 23.5 Å². The predicted molar refractivity (Wildman–Crippen MR) is 70.3 cm³/mol. The molecule has 0 radical (unpaired) electrons. The molecule has 0 spiro atoms. The molecule has 0 aliphatic carbocycles. The van der Waals surface area contributed by atoms with Crippen LogP contribution in [0.1, 0.15) is 24.2 Å². The SMILES string of the molecule is CC(NCCc1cscn1)c1cccc(O)c1. The van der Waals surface area contributed by atoms with Crippen LogP contribution < -0.4 is 5.32 Å². The topological polar surface area (TPSA) is 45.2 Å². The molecule has 3 nitrogen and oxygen atoms in total. The van der Waals surface area contributed by atoms with E-state index in [9.17, 15) is 5.11 Å². The number of phenolic OH excluding ortho intramolecular Hbond substituents is 1. The molecule has 2 aromatic rings. The van der Waals surface area contributed by atoms with Crippen LogP contribution >= 0.6 is 11.3 Å². The lowest BCUT2D eigenvalue weighted by Gasteiger charge is -2.13. The number of aromatic hydroxyl groups is 1. The van der Waals surface area contributed by atoms with Crippen molar-refractivity contribution < 1.29 is 5.11 Å². The Kier molecular flexibility index (Phi) is 4.12. The van der Waals surface area contributed by atoms with Crippen LogP contribution in [0.25, 0.3) is 0 Å². The van der Waals surface area contributed by atoms with Gasteiger partial charge in [-0.3, -0.25) is 0 Å². The third-order valence-electron chi connectivity index (χ3n) is 2.69. The van der Waals surface area contributed by atoms with Crippen LogP contribution in [0, 0.1) is 0 Å². The smallest absolute Gasteiger partial charge is 0.115 e. The zero-order chi connectivity index (χ0) is 12.1. The molecule has 2 N–H and O–H groups in total. The fourth-order valence-electron chi connectivity index (χ4n) is 1.69. The van der Waals surface area contributed by atoms with E-state index in [4.69, 9.17) is 0 Å². The highest BCUT2D eigenvalue weighted by molar-refractivity contribution is 7.07. The van der Waals surface area contributed by atoms with Gasteiger partial charge in [0.25, 0.3) is 0 Å². The van der Waals surface area contributed by atoms with Crippen molar-refractivity contribution in [1.82, 2.24) is 10.3 Å². The summed E-state index contributed by atoms with van der Waals surface area (Å²) in [6.07, 6.45) is 0.937. The maximum Gasteiger partial charge on any atom is 0.115 e. The Morgan fingerprint density at radius 2 is 2.35 bits per heavy atom. The van der Waals surface area contributed by atoms with Gasteiger partial charge in [-0.15, -0.1) is 11.3 Å². The molecule has 0 aliphatic rings. The standard InChI is InChI=1S/C13H16N2OS/c1-10(11-3-2-4-13(16)7-11)14-6-5-12-8-17-9-15-12/h2-4,7-10,14,16H,5-6H2,1H3.